The van der Waals surface area contributed by atoms with Gasteiger partial charge in [-0.15, -0.1) is 0 Å². The first kappa shape index (κ1) is 12.0. The smallest absolute Gasteiger partial charge is 0.137 e. The number of nitrogens with zero attached hydrogens (tertiary/aromatic N) is 1. The molecule has 1 heterocycles. The van der Waals surface area contributed by atoms with E-state index in [2.05, 4.69) is 24.1 Å². The summed E-state index contributed by atoms with van der Waals surface area (Å²) < 4.78 is 5.08. The molecule has 3 heteroatoms. The Bertz CT molecular complexity index is 271. The highest BCUT2D eigenvalue weighted by atomic mass is 16.5. The molecule has 1 rings (SSSR count). The van der Waals surface area contributed by atoms with Gasteiger partial charge in [0.1, 0.15) is 5.75 Å². The minimum absolute atomic E-state index is 0.357. The summed E-state index contributed by atoms with van der Waals surface area (Å²) in [5, 5.41) is 3.47. The van der Waals surface area contributed by atoms with E-state index in [1.54, 1.807) is 13.3 Å². The average Bonchev–Trinajstić information content (AvgIpc) is 2.31. The summed E-state index contributed by atoms with van der Waals surface area (Å²) in [7, 11) is 1.66. The normalized spacial score (nSPS) is 12.5. The van der Waals surface area contributed by atoms with Gasteiger partial charge in [0.15, 0.2) is 0 Å². The quantitative estimate of drug-likeness (QED) is 0.780. The van der Waals surface area contributed by atoms with Crippen LogP contribution in [0.15, 0.2) is 18.3 Å². The molecule has 3 nitrogen and oxygen atoms in total. The molecule has 1 aromatic heterocycles. The van der Waals surface area contributed by atoms with Gasteiger partial charge in [0.2, 0.25) is 0 Å². The zero-order valence-electron chi connectivity index (χ0n) is 9.79. The monoisotopic (exact) mass is 208 g/mol. The molecular weight excluding hydrogens is 188 g/mol. The molecule has 0 bridgehead atoms. The van der Waals surface area contributed by atoms with Crippen molar-refractivity contribution in [3.05, 3.63) is 24.0 Å². The third-order valence-electron chi connectivity index (χ3n) is 2.40. The molecule has 1 aromatic rings. The topological polar surface area (TPSA) is 34.1 Å². The van der Waals surface area contributed by atoms with E-state index in [9.17, 15) is 0 Å². The number of rotatable bonds is 6. The first-order valence-electron chi connectivity index (χ1n) is 5.55. The first-order chi connectivity index (χ1) is 7.31. The minimum Gasteiger partial charge on any atom is -0.495 e. The van der Waals surface area contributed by atoms with Gasteiger partial charge < -0.3 is 10.1 Å². The molecule has 84 valence electrons. The van der Waals surface area contributed by atoms with Gasteiger partial charge in [-0.2, -0.15) is 0 Å². The summed E-state index contributed by atoms with van der Waals surface area (Å²) in [5.41, 5.74) is 1.09. The lowest BCUT2D eigenvalue weighted by Gasteiger charge is -2.15. The summed E-state index contributed by atoms with van der Waals surface area (Å²) in [6.07, 6.45) is 3.97. The van der Waals surface area contributed by atoms with E-state index in [0.29, 0.717) is 6.04 Å². The van der Waals surface area contributed by atoms with Crippen molar-refractivity contribution in [1.29, 1.82) is 0 Å². The van der Waals surface area contributed by atoms with Crippen molar-refractivity contribution >= 4 is 0 Å². The Labute approximate surface area is 91.9 Å². The van der Waals surface area contributed by atoms with Gasteiger partial charge in [0, 0.05) is 6.04 Å². The number of aromatic nitrogens is 1. The predicted molar refractivity (Wildman–Crippen MR) is 62.1 cm³/mol. The van der Waals surface area contributed by atoms with E-state index in [1.165, 1.54) is 0 Å². The molecule has 1 unspecified atom stereocenters. The van der Waals surface area contributed by atoms with Crippen LogP contribution in [0.1, 0.15) is 38.4 Å². The maximum atomic E-state index is 5.08. The Kier molecular flexibility index (Phi) is 5.12. The molecule has 1 N–H and O–H groups in total. The molecular formula is C12H20N2O. The van der Waals surface area contributed by atoms with Crippen molar-refractivity contribution in [2.75, 3.05) is 13.7 Å². The van der Waals surface area contributed by atoms with Crippen molar-refractivity contribution < 1.29 is 4.74 Å². The lowest BCUT2D eigenvalue weighted by molar-refractivity contribution is 0.411. The summed E-state index contributed by atoms with van der Waals surface area (Å²) in [4.78, 5) is 4.39. The number of methoxy groups -OCH3 is 1. The molecule has 0 amide bonds. The summed E-state index contributed by atoms with van der Waals surface area (Å²) in [6, 6.07) is 4.34. The molecule has 1 atom stereocenters. The van der Waals surface area contributed by atoms with Crippen LogP contribution >= 0.6 is 0 Å². The van der Waals surface area contributed by atoms with Crippen molar-refractivity contribution in [3.63, 3.8) is 0 Å². The zero-order chi connectivity index (χ0) is 11.1. The van der Waals surface area contributed by atoms with Crippen LogP contribution in [0.5, 0.6) is 5.75 Å². The first-order valence-corrected chi connectivity index (χ1v) is 5.55. The Hall–Kier alpha value is -1.09. The van der Waals surface area contributed by atoms with Crippen LogP contribution in [0.2, 0.25) is 0 Å². The molecule has 0 saturated heterocycles. The zero-order valence-corrected chi connectivity index (χ0v) is 9.79. The molecule has 0 aliphatic rings. The fourth-order valence-corrected chi connectivity index (χ4v) is 1.50. The Balaban J connectivity index is 2.65. The Morgan fingerprint density at radius 1 is 1.40 bits per heavy atom. The highest BCUT2D eigenvalue weighted by Gasteiger charge is 2.08. The van der Waals surface area contributed by atoms with E-state index < -0.39 is 0 Å². The summed E-state index contributed by atoms with van der Waals surface area (Å²) >= 11 is 0. The summed E-state index contributed by atoms with van der Waals surface area (Å²) in [5.74, 6) is 0.809. The van der Waals surface area contributed by atoms with Gasteiger partial charge in [0.05, 0.1) is 19.0 Å². The number of hydrogen-bond acceptors (Lipinski definition) is 3. The molecule has 0 radical (unpaired) electrons. The number of ether oxygens (including phenoxy) is 1. The number of hydrogen-bond donors (Lipinski definition) is 1. The Morgan fingerprint density at radius 2 is 2.20 bits per heavy atom. The van der Waals surface area contributed by atoms with E-state index in [0.717, 1.165) is 30.8 Å². The highest BCUT2D eigenvalue weighted by Crippen LogP contribution is 2.16. The van der Waals surface area contributed by atoms with Crippen LogP contribution in [0, 0.1) is 0 Å². The fourth-order valence-electron chi connectivity index (χ4n) is 1.50. The van der Waals surface area contributed by atoms with Crippen LogP contribution in [0.3, 0.4) is 0 Å². The predicted octanol–water partition coefficient (Wildman–Crippen LogP) is 2.54. The third-order valence-corrected chi connectivity index (χ3v) is 2.40. The second kappa shape index (κ2) is 6.40. The van der Waals surface area contributed by atoms with E-state index in [1.807, 2.05) is 12.1 Å². The maximum absolute atomic E-state index is 5.08. The number of nitrogens with one attached hydrogen (secondary N) is 1. The molecule has 0 fully saturated rings. The van der Waals surface area contributed by atoms with Crippen LogP contribution in [0.4, 0.5) is 0 Å². The molecule has 0 spiro atoms. The van der Waals surface area contributed by atoms with Gasteiger partial charge in [0.25, 0.3) is 0 Å². The second-order valence-corrected chi connectivity index (χ2v) is 3.54. The van der Waals surface area contributed by atoms with Gasteiger partial charge in [-0.05, 0) is 31.5 Å². The standard InChI is InChI=1S/C12H20N2O/c1-4-8-13-11(5-2)12-7-6-10(15-3)9-14-12/h6-7,9,11,13H,4-5,8H2,1-3H3. The van der Waals surface area contributed by atoms with E-state index in [-0.39, 0.29) is 0 Å². The maximum Gasteiger partial charge on any atom is 0.137 e. The van der Waals surface area contributed by atoms with Crippen LogP contribution in [-0.4, -0.2) is 18.6 Å². The summed E-state index contributed by atoms with van der Waals surface area (Å²) in [6.45, 7) is 5.37. The van der Waals surface area contributed by atoms with E-state index >= 15 is 0 Å². The molecule has 0 aliphatic heterocycles. The van der Waals surface area contributed by atoms with Crippen molar-refractivity contribution in [2.45, 2.75) is 32.7 Å². The SMILES string of the molecule is CCCNC(CC)c1ccc(OC)cn1. The van der Waals surface area contributed by atoms with Gasteiger partial charge in [-0.3, -0.25) is 4.98 Å². The van der Waals surface area contributed by atoms with Crippen molar-refractivity contribution in [2.24, 2.45) is 0 Å². The molecule has 0 aliphatic carbocycles. The second-order valence-electron chi connectivity index (χ2n) is 3.54. The number of pyridine rings is 1. The largest absolute Gasteiger partial charge is 0.495 e. The van der Waals surface area contributed by atoms with Gasteiger partial charge in [-0.25, -0.2) is 0 Å². The highest BCUT2D eigenvalue weighted by molar-refractivity contribution is 5.21. The van der Waals surface area contributed by atoms with Crippen LogP contribution in [0.25, 0.3) is 0 Å². The van der Waals surface area contributed by atoms with Crippen molar-refractivity contribution in [3.8, 4) is 5.75 Å². The lowest BCUT2D eigenvalue weighted by Crippen LogP contribution is -2.22. The fraction of sp³-hybridized carbons (Fsp3) is 0.583. The third kappa shape index (κ3) is 3.51. The average molecular weight is 208 g/mol. The van der Waals surface area contributed by atoms with Crippen LogP contribution in [-0.2, 0) is 0 Å². The molecule has 15 heavy (non-hydrogen) atoms. The lowest BCUT2D eigenvalue weighted by atomic mass is 10.1. The van der Waals surface area contributed by atoms with Crippen LogP contribution < -0.4 is 10.1 Å². The van der Waals surface area contributed by atoms with Gasteiger partial charge >= 0.3 is 0 Å². The Morgan fingerprint density at radius 3 is 2.67 bits per heavy atom. The van der Waals surface area contributed by atoms with Gasteiger partial charge in [-0.1, -0.05) is 13.8 Å². The van der Waals surface area contributed by atoms with Crippen molar-refractivity contribution in [1.82, 2.24) is 10.3 Å². The molecule has 0 saturated carbocycles. The minimum atomic E-state index is 0.357. The van der Waals surface area contributed by atoms with E-state index in [4.69, 9.17) is 4.74 Å². The molecule has 0 aromatic carbocycles.